The fourth-order valence-corrected chi connectivity index (χ4v) is 4.30. The highest BCUT2D eigenvalue weighted by Crippen LogP contribution is 2.41. The molecule has 1 aliphatic carbocycles. The summed E-state index contributed by atoms with van der Waals surface area (Å²) in [6, 6.07) is 6.55. The van der Waals surface area contributed by atoms with Crippen molar-refractivity contribution >= 4 is 29.5 Å². The van der Waals surface area contributed by atoms with Crippen molar-refractivity contribution in [1.29, 1.82) is 0 Å². The van der Waals surface area contributed by atoms with Gasteiger partial charge in [-0.25, -0.2) is 4.79 Å². The first-order valence-electron chi connectivity index (χ1n) is 10.3. The number of halogens is 1. The van der Waals surface area contributed by atoms with Crippen molar-refractivity contribution in [1.82, 2.24) is 14.9 Å². The van der Waals surface area contributed by atoms with Crippen molar-refractivity contribution in [3.63, 3.8) is 0 Å². The number of aromatic nitrogens is 2. The molecular weight excluding hydrogens is 438 g/mol. The van der Waals surface area contributed by atoms with Crippen molar-refractivity contribution in [2.45, 2.75) is 38.3 Å². The predicted octanol–water partition coefficient (Wildman–Crippen LogP) is 3.29. The predicted molar refractivity (Wildman–Crippen MR) is 120 cm³/mol. The Morgan fingerprint density at radius 1 is 1.34 bits per heavy atom. The number of hydrogen-bond acceptors (Lipinski definition) is 6. The van der Waals surface area contributed by atoms with Crippen LogP contribution in [0.2, 0.25) is 0 Å². The van der Waals surface area contributed by atoms with E-state index in [1.807, 2.05) is 19.2 Å². The molecular formula is C22H24ClN3O6. The van der Waals surface area contributed by atoms with E-state index in [1.165, 1.54) is 19.3 Å². The quantitative estimate of drug-likeness (QED) is 0.439. The molecule has 170 valence electrons. The Kier molecular flexibility index (Phi) is 5.79. The molecule has 10 heteroatoms. The van der Waals surface area contributed by atoms with E-state index < -0.39 is 23.2 Å². The highest BCUT2D eigenvalue weighted by molar-refractivity contribution is 5.90. The molecule has 1 aromatic carbocycles. The fraction of sp³-hybridized carbons (Fsp3) is 0.364. The topological polar surface area (TPSA) is 126 Å². The Balaban J connectivity index is 0.00000245. The smallest absolute Gasteiger partial charge is 0.504 e. The van der Waals surface area contributed by atoms with Crippen LogP contribution in [0.3, 0.4) is 0 Å². The summed E-state index contributed by atoms with van der Waals surface area (Å²) in [5, 5.41) is 24.0. The van der Waals surface area contributed by atoms with Gasteiger partial charge in [0.1, 0.15) is 5.75 Å². The fourth-order valence-electron chi connectivity index (χ4n) is 4.30. The summed E-state index contributed by atoms with van der Waals surface area (Å²) >= 11 is 0. The number of nitrogens with one attached hydrogen (secondary N) is 2. The monoisotopic (exact) mass is 461 g/mol. The number of H-pyrrole nitrogens is 1. The van der Waals surface area contributed by atoms with Crippen molar-refractivity contribution in [2.75, 3.05) is 6.61 Å². The van der Waals surface area contributed by atoms with Crippen LogP contribution in [0.15, 0.2) is 23.0 Å². The standard InChI is InChI=1S/C22H23N3O6.ClH/c1-25-13(10-23-12-3-2-4-12)7-11-8-15-17(9-16(11)25)30-6-5-14-18(15)24-21(27)20(19(14)26)31-22(28)29;/h7-9,12,23H,2-6,10H2,1H3,(H,28,29)(H2,24,26,27);1H. The number of carboxylic acid groups (broad SMARTS) is 1. The van der Waals surface area contributed by atoms with Gasteiger partial charge in [0.25, 0.3) is 5.56 Å². The minimum Gasteiger partial charge on any atom is -0.504 e. The van der Waals surface area contributed by atoms with Gasteiger partial charge in [0.05, 0.1) is 17.8 Å². The van der Waals surface area contributed by atoms with Crippen molar-refractivity contribution < 1.29 is 24.5 Å². The van der Waals surface area contributed by atoms with Crippen LogP contribution in [-0.2, 0) is 20.0 Å². The highest BCUT2D eigenvalue weighted by atomic mass is 35.5. The molecule has 1 saturated carbocycles. The average Bonchev–Trinajstić information content (AvgIpc) is 2.88. The molecule has 0 bridgehead atoms. The molecule has 4 N–H and O–H groups in total. The molecule has 9 nitrogen and oxygen atoms in total. The third-order valence-corrected chi connectivity index (χ3v) is 6.24. The number of aromatic hydroxyl groups is 1. The maximum absolute atomic E-state index is 12.4. The molecule has 3 aromatic rings. The Morgan fingerprint density at radius 3 is 2.81 bits per heavy atom. The summed E-state index contributed by atoms with van der Waals surface area (Å²) in [5.41, 5.74) is 2.77. The largest absolute Gasteiger partial charge is 0.511 e. The normalized spacial score (nSPS) is 15.0. The Labute approximate surface area is 189 Å². The van der Waals surface area contributed by atoms with Gasteiger partial charge >= 0.3 is 6.16 Å². The molecule has 3 heterocycles. The summed E-state index contributed by atoms with van der Waals surface area (Å²) in [6.07, 6.45) is 2.33. The maximum Gasteiger partial charge on any atom is 0.511 e. The molecule has 0 amide bonds. The first-order valence-corrected chi connectivity index (χ1v) is 10.3. The highest BCUT2D eigenvalue weighted by Gasteiger charge is 2.26. The lowest BCUT2D eigenvalue weighted by Crippen LogP contribution is -2.34. The number of pyridine rings is 1. The van der Waals surface area contributed by atoms with Crippen LogP contribution in [0.4, 0.5) is 4.79 Å². The molecule has 0 saturated heterocycles. The second-order valence-corrected chi connectivity index (χ2v) is 8.06. The number of benzene rings is 1. The number of fused-ring (bicyclic) bond motifs is 4. The molecule has 5 rings (SSSR count). The van der Waals surface area contributed by atoms with Gasteiger partial charge < -0.3 is 34.6 Å². The number of hydrogen-bond donors (Lipinski definition) is 4. The number of aryl methyl sites for hydroxylation is 1. The first kappa shape index (κ1) is 22.0. The Bertz CT molecular complexity index is 1260. The maximum atomic E-state index is 12.4. The molecule has 2 aromatic heterocycles. The molecule has 0 radical (unpaired) electrons. The Morgan fingerprint density at radius 2 is 2.12 bits per heavy atom. The van der Waals surface area contributed by atoms with Crippen LogP contribution < -0.4 is 20.3 Å². The molecule has 1 aliphatic heterocycles. The van der Waals surface area contributed by atoms with Gasteiger partial charge in [-0.15, -0.1) is 12.4 Å². The van der Waals surface area contributed by atoms with Crippen LogP contribution in [0.5, 0.6) is 17.2 Å². The average molecular weight is 462 g/mol. The van der Waals surface area contributed by atoms with Crippen LogP contribution in [0, 0.1) is 0 Å². The summed E-state index contributed by atoms with van der Waals surface area (Å²) in [7, 11) is 2.01. The summed E-state index contributed by atoms with van der Waals surface area (Å²) < 4.78 is 12.5. The lowest BCUT2D eigenvalue weighted by atomic mass is 9.93. The van der Waals surface area contributed by atoms with Gasteiger partial charge in [0, 0.05) is 54.3 Å². The van der Waals surface area contributed by atoms with Gasteiger partial charge in [-0.3, -0.25) is 4.79 Å². The minimum absolute atomic E-state index is 0. The van der Waals surface area contributed by atoms with Crippen LogP contribution >= 0.6 is 12.4 Å². The van der Waals surface area contributed by atoms with Crippen molar-refractivity contribution in [3.8, 4) is 28.5 Å². The van der Waals surface area contributed by atoms with Crippen LogP contribution in [-0.4, -0.2) is 38.6 Å². The van der Waals surface area contributed by atoms with E-state index in [1.54, 1.807) is 0 Å². The van der Waals surface area contributed by atoms with Gasteiger partial charge in [0.15, 0.2) is 5.75 Å². The number of nitrogens with zero attached hydrogens (tertiary/aromatic N) is 1. The zero-order valence-corrected chi connectivity index (χ0v) is 18.3. The molecule has 1 fully saturated rings. The molecule has 0 spiro atoms. The van der Waals surface area contributed by atoms with Crippen molar-refractivity contribution in [3.05, 3.63) is 39.8 Å². The van der Waals surface area contributed by atoms with E-state index in [4.69, 9.17) is 9.84 Å². The summed E-state index contributed by atoms with van der Waals surface area (Å²) in [4.78, 5) is 26.0. The summed E-state index contributed by atoms with van der Waals surface area (Å²) in [5.74, 6) is -0.510. The van der Waals surface area contributed by atoms with E-state index in [0.717, 1.165) is 23.1 Å². The van der Waals surface area contributed by atoms with E-state index in [2.05, 4.69) is 25.7 Å². The molecule has 2 aliphatic rings. The van der Waals surface area contributed by atoms with E-state index >= 15 is 0 Å². The van der Waals surface area contributed by atoms with E-state index in [0.29, 0.717) is 28.6 Å². The number of ether oxygens (including phenoxy) is 2. The van der Waals surface area contributed by atoms with Gasteiger partial charge in [0.2, 0.25) is 5.75 Å². The van der Waals surface area contributed by atoms with Crippen molar-refractivity contribution in [2.24, 2.45) is 7.05 Å². The second kappa shape index (κ2) is 8.40. The van der Waals surface area contributed by atoms with Crippen LogP contribution in [0.25, 0.3) is 22.2 Å². The molecule has 0 unspecified atom stereocenters. The van der Waals surface area contributed by atoms with Gasteiger partial charge in [-0.05, 0) is 25.0 Å². The number of aromatic amines is 1. The summed E-state index contributed by atoms with van der Waals surface area (Å²) in [6.45, 7) is 1.03. The second-order valence-electron chi connectivity index (χ2n) is 8.06. The first-order chi connectivity index (χ1) is 14.9. The molecule has 32 heavy (non-hydrogen) atoms. The third-order valence-electron chi connectivity index (χ3n) is 6.24. The third kappa shape index (κ3) is 3.67. The zero-order valence-electron chi connectivity index (χ0n) is 17.4. The van der Waals surface area contributed by atoms with E-state index in [9.17, 15) is 14.7 Å². The zero-order chi connectivity index (χ0) is 21.7. The Hall–Kier alpha value is -3.17. The van der Waals surface area contributed by atoms with Gasteiger partial charge in [-0.1, -0.05) is 6.42 Å². The number of carbonyl (C=O) groups is 1. The lowest BCUT2D eigenvalue weighted by Gasteiger charge is -2.26. The van der Waals surface area contributed by atoms with Gasteiger partial charge in [-0.2, -0.15) is 0 Å². The van der Waals surface area contributed by atoms with Crippen LogP contribution in [0.1, 0.15) is 30.5 Å². The SMILES string of the molecule is Cl.Cn1c(CNC2CCC2)cc2cc3c(cc21)OCCc1c-3[nH]c(=O)c(OC(=O)O)c1O. The minimum atomic E-state index is -1.67. The molecule has 0 atom stereocenters. The van der Waals surface area contributed by atoms with E-state index in [-0.39, 0.29) is 25.4 Å². The number of rotatable bonds is 4. The lowest BCUT2D eigenvalue weighted by molar-refractivity contribution is 0.142.